The third-order valence-corrected chi connectivity index (χ3v) is 3.64. The van der Waals surface area contributed by atoms with Gasteiger partial charge in [0.05, 0.1) is 16.7 Å². The molecule has 0 aliphatic rings. The van der Waals surface area contributed by atoms with Crippen LogP contribution in [0, 0.1) is 0 Å². The van der Waals surface area contributed by atoms with Gasteiger partial charge in [-0.2, -0.15) is 0 Å². The van der Waals surface area contributed by atoms with Crippen molar-refractivity contribution in [3.05, 3.63) is 63.6 Å². The first kappa shape index (κ1) is 16.6. The van der Waals surface area contributed by atoms with Crippen LogP contribution in [0.2, 0.25) is 10.0 Å². The summed E-state index contributed by atoms with van der Waals surface area (Å²) in [6.45, 7) is 0.498. The summed E-state index contributed by atoms with van der Waals surface area (Å²) in [6, 6.07) is 12.1. The van der Waals surface area contributed by atoms with E-state index in [9.17, 15) is 4.79 Å². The maximum Gasteiger partial charge on any atom is 0.251 e. The molecule has 0 saturated carbocycles. The van der Waals surface area contributed by atoms with Gasteiger partial charge in [0.25, 0.3) is 5.91 Å². The summed E-state index contributed by atoms with van der Waals surface area (Å²) in [5.74, 6) is 0.412. The van der Waals surface area contributed by atoms with Crippen LogP contribution in [0.5, 0.6) is 5.75 Å². The van der Waals surface area contributed by atoms with Gasteiger partial charge >= 0.3 is 0 Å². The number of hydrogen-bond acceptors (Lipinski definition) is 3. The molecule has 0 aliphatic carbocycles. The minimum Gasteiger partial charge on any atom is -0.489 e. The predicted octanol–water partition coefficient (Wildman–Crippen LogP) is 3.29. The number of hydrogen-bond donors (Lipinski definition) is 2. The highest BCUT2D eigenvalue weighted by atomic mass is 35.5. The van der Waals surface area contributed by atoms with Crippen LogP contribution in [0.1, 0.15) is 15.9 Å². The van der Waals surface area contributed by atoms with Crippen LogP contribution in [-0.2, 0) is 6.61 Å². The van der Waals surface area contributed by atoms with E-state index in [1.165, 1.54) is 0 Å². The van der Waals surface area contributed by atoms with Gasteiger partial charge in [0, 0.05) is 12.1 Å². The molecule has 2 rings (SSSR count). The van der Waals surface area contributed by atoms with Crippen LogP contribution in [-0.4, -0.2) is 24.2 Å². The number of carbonyl (C=O) groups excluding carboxylic acids is 1. The van der Waals surface area contributed by atoms with Crippen molar-refractivity contribution in [3.63, 3.8) is 0 Å². The molecule has 0 spiro atoms. The highest BCUT2D eigenvalue weighted by Crippen LogP contribution is 2.23. The Hall–Kier alpha value is -1.75. The fraction of sp³-hybridized carbons (Fsp3) is 0.188. The van der Waals surface area contributed by atoms with Crippen LogP contribution < -0.4 is 10.1 Å². The highest BCUT2D eigenvalue weighted by molar-refractivity contribution is 6.42. The van der Waals surface area contributed by atoms with Crippen LogP contribution in [0.15, 0.2) is 42.5 Å². The number of halogens is 2. The Morgan fingerprint density at radius 3 is 2.45 bits per heavy atom. The van der Waals surface area contributed by atoms with Crippen molar-refractivity contribution in [2.75, 3.05) is 13.2 Å². The summed E-state index contributed by atoms with van der Waals surface area (Å²) < 4.78 is 5.63. The fourth-order valence-electron chi connectivity index (χ4n) is 1.77. The minimum absolute atomic E-state index is 0.0867. The maximum atomic E-state index is 11.7. The summed E-state index contributed by atoms with van der Waals surface area (Å²) in [5, 5.41) is 12.2. The van der Waals surface area contributed by atoms with Crippen LogP contribution >= 0.6 is 23.2 Å². The van der Waals surface area contributed by atoms with Crippen molar-refractivity contribution >= 4 is 29.1 Å². The lowest BCUT2D eigenvalue weighted by Gasteiger charge is -2.08. The zero-order chi connectivity index (χ0) is 15.9. The molecule has 0 atom stereocenters. The quantitative estimate of drug-likeness (QED) is 0.848. The number of aliphatic hydroxyl groups is 1. The second kappa shape index (κ2) is 8.03. The Morgan fingerprint density at radius 1 is 1.09 bits per heavy atom. The third-order valence-electron chi connectivity index (χ3n) is 2.90. The summed E-state index contributed by atoms with van der Waals surface area (Å²) in [5.41, 5.74) is 1.41. The Morgan fingerprint density at radius 2 is 1.82 bits per heavy atom. The fourth-order valence-corrected chi connectivity index (χ4v) is 2.09. The molecule has 0 aromatic heterocycles. The SMILES string of the molecule is O=C(NCCO)c1ccc(OCc2ccc(Cl)c(Cl)c2)cc1. The van der Waals surface area contributed by atoms with E-state index in [1.807, 2.05) is 6.07 Å². The molecule has 0 bridgehead atoms. The molecule has 4 nitrogen and oxygen atoms in total. The van der Waals surface area contributed by atoms with Crippen molar-refractivity contribution in [1.29, 1.82) is 0 Å². The zero-order valence-electron chi connectivity index (χ0n) is 11.7. The highest BCUT2D eigenvalue weighted by Gasteiger charge is 2.05. The summed E-state index contributed by atoms with van der Waals surface area (Å²) in [7, 11) is 0. The van der Waals surface area contributed by atoms with Gasteiger partial charge in [-0.25, -0.2) is 0 Å². The summed E-state index contributed by atoms with van der Waals surface area (Å²) >= 11 is 11.8. The van der Waals surface area contributed by atoms with E-state index < -0.39 is 0 Å². The molecule has 2 aromatic carbocycles. The van der Waals surface area contributed by atoms with Crippen LogP contribution in [0.25, 0.3) is 0 Å². The molecule has 6 heteroatoms. The van der Waals surface area contributed by atoms with Gasteiger partial charge < -0.3 is 15.2 Å². The average Bonchev–Trinajstić information content (AvgIpc) is 2.54. The van der Waals surface area contributed by atoms with E-state index in [-0.39, 0.29) is 19.1 Å². The van der Waals surface area contributed by atoms with Crippen molar-refractivity contribution in [3.8, 4) is 5.75 Å². The van der Waals surface area contributed by atoms with E-state index >= 15 is 0 Å². The topological polar surface area (TPSA) is 58.6 Å². The number of carbonyl (C=O) groups is 1. The lowest BCUT2D eigenvalue weighted by Crippen LogP contribution is -2.26. The van der Waals surface area contributed by atoms with Crippen molar-refractivity contribution in [2.24, 2.45) is 0 Å². The molecule has 0 unspecified atom stereocenters. The van der Waals surface area contributed by atoms with Gasteiger partial charge in [0.1, 0.15) is 12.4 Å². The van der Waals surface area contributed by atoms with Crippen molar-refractivity contribution < 1.29 is 14.6 Å². The molecule has 0 radical (unpaired) electrons. The number of rotatable bonds is 6. The third kappa shape index (κ3) is 4.63. The monoisotopic (exact) mass is 339 g/mol. The molecule has 2 N–H and O–H groups in total. The Balaban J connectivity index is 1.93. The van der Waals surface area contributed by atoms with Crippen molar-refractivity contribution in [2.45, 2.75) is 6.61 Å². The normalized spacial score (nSPS) is 10.3. The smallest absolute Gasteiger partial charge is 0.251 e. The number of benzene rings is 2. The van der Waals surface area contributed by atoms with Gasteiger partial charge in [-0.15, -0.1) is 0 Å². The standard InChI is InChI=1S/C16H15Cl2NO3/c17-14-6-1-11(9-15(14)18)10-22-13-4-2-12(3-5-13)16(21)19-7-8-20/h1-6,9,20H,7-8,10H2,(H,19,21). The molecule has 0 saturated heterocycles. The maximum absolute atomic E-state index is 11.7. The van der Waals surface area contributed by atoms with Gasteiger partial charge in [-0.3, -0.25) is 4.79 Å². The van der Waals surface area contributed by atoms with E-state index in [1.54, 1.807) is 36.4 Å². The first-order chi connectivity index (χ1) is 10.6. The molecule has 0 aliphatic heterocycles. The number of ether oxygens (including phenoxy) is 1. The predicted molar refractivity (Wildman–Crippen MR) is 86.7 cm³/mol. The largest absolute Gasteiger partial charge is 0.489 e. The molecule has 0 fully saturated rings. The van der Waals surface area contributed by atoms with Gasteiger partial charge in [-0.05, 0) is 42.0 Å². The van der Waals surface area contributed by atoms with E-state index in [4.69, 9.17) is 33.0 Å². The molecule has 2 aromatic rings. The molecule has 22 heavy (non-hydrogen) atoms. The van der Waals surface area contributed by atoms with Crippen LogP contribution in [0.3, 0.4) is 0 Å². The van der Waals surface area contributed by atoms with Gasteiger partial charge in [0.15, 0.2) is 0 Å². The lowest BCUT2D eigenvalue weighted by molar-refractivity contribution is 0.0944. The van der Waals surface area contributed by atoms with Crippen LogP contribution in [0.4, 0.5) is 0 Å². The molecule has 116 valence electrons. The van der Waals surface area contributed by atoms with E-state index in [0.717, 1.165) is 5.56 Å². The number of aliphatic hydroxyl groups excluding tert-OH is 1. The molecule has 0 heterocycles. The first-order valence-corrected chi connectivity index (χ1v) is 7.41. The van der Waals surface area contributed by atoms with E-state index in [2.05, 4.69) is 5.32 Å². The second-order valence-corrected chi connectivity index (χ2v) is 5.36. The Labute approximate surface area is 138 Å². The summed E-state index contributed by atoms with van der Waals surface area (Å²) in [4.78, 5) is 11.7. The van der Waals surface area contributed by atoms with Gasteiger partial charge in [-0.1, -0.05) is 29.3 Å². The average molecular weight is 340 g/mol. The number of nitrogens with one attached hydrogen (secondary N) is 1. The molecule has 1 amide bonds. The van der Waals surface area contributed by atoms with Gasteiger partial charge in [0.2, 0.25) is 0 Å². The Bertz CT molecular complexity index is 644. The van der Waals surface area contributed by atoms with Crippen molar-refractivity contribution in [1.82, 2.24) is 5.32 Å². The van der Waals surface area contributed by atoms with E-state index in [0.29, 0.717) is 28.0 Å². The minimum atomic E-state index is -0.231. The first-order valence-electron chi connectivity index (χ1n) is 6.66. The lowest BCUT2D eigenvalue weighted by atomic mass is 10.2. The molecular weight excluding hydrogens is 325 g/mol. The number of amides is 1. The Kier molecular flexibility index (Phi) is 6.07. The second-order valence-electron chi connectivity index (χ2n) is 4.54. The molecular formula is C16H15Cl2NO3. The zero-order valence-corrected chi connectivity index (χ0v) is 13.2. The summed E-state index contributed by atoms with van der Waals surface area (Å²) in [6.07, 6.45) is 0.